The molecule has 134 valence electrons. The van der Waals surface area contributed by atoms with Crippen molar-refractivity contribution in [3.05, 3.63) is 59.7 Å². The Morgan fingerprint density at radius 1 is 1.38 bits per heavy atom. The van der Waals surface area contributed by atoms with E-state index in [4.69, 9.17) is 5.73 Å². The van der Waals surface area contributed by atoms with Gasteiger partial charge in [0.25, 0.3) is 5.91 Å². The summed E-state index contributed by atoms with van der Waals surface area (Å²) < 4.78 is 29.3. The lowest BCUT2D eigenvalue weighted by Crippen LogP contribution is -2.29. The van der Waals surface area contributed by atoms with E-state index in [-0.39, 0.29) is 24.2 Å². The number of carbonyl (C=O) groups excluding carboxylic acids is 1. The number of fused-ring (bicyclic) bond motifs is 1. The fourth-order valence-corrected chi connectivity index (χ4v) is 3.29. The maximum Gasteiger partial charge on any atom is 0.254 e. The van der Waals surface area contributed by atoms with Crippen LogP contribution in [0.5, 0.6) is 0 Å². The SMILES string of the molecule is NC(=O)c1cnn2ccc(N3CC(O)(F)CC3c3cccc(F)c3)nc12. The standard InChI is InChI=1S/C17H15F2N5O2/c18-11-3-1-2-10(6-11)13-7-17(19,26)9-23(13)14-4-5-24-16(22-14)12(8-21-24)15(20)25/h1-6,8,13,26H,7,9H2,(H2,20,25). The maximum atomic E-state index is 14.3. The van der Waals surface area contributed by atoms with Crippen LogP contribution in [0, 0.1) is 5.82 Å². The number of amides is 1. The van der Waals surface area contributed by atoms with Crippen LogP contribution in [-0.2, 0) is 0 Å². The fraction of sp³-hybridized carbons (Fsp3) is 0.235. The number of hydrogen-bond donors (Lipinski definition) is 2. The first-order valence-electron chi connectivity index (χ1n) is 7.92. The number of carbonyl (C=O) groups is 1. The number of nitrogens with two attached hydrogens (primary N) is 1. The van der Waals surface area contributed by atoms with Gasteiger partial charge < -0.3 is 15.7 Å². The molecule has 26 heavy (non-hydrogen) atoms. The highest BCUT2D eigenvalue weighted by Crippen LogP contribution is 2.41. The molecule has 0 radical (unpaired) electrons. The van der Waals surface area contributed by atoms with E-state index >= 15 is 0 Å². The van der Waals surface area contributed by atoms with Crippen LogP contribution < -0.4 is 10.6 Å². The minimum atomic E-state index is -2.45. The van der Waals surface area contributed by atoms with E-state index in [0.29, 0.717) is 11.4 Å². The summed E-state index contributed by atoms with van der Waals surface area (Å²) >= 11 is 0. The molecule has 3 aromatic rings. The minimum Gasteiger partial charge on any atom is -0.365 e. The van der Waals surface area contributed by atoms with E-state index in [0.717, 1.165) is 0 Å². The van der Waals surface area contributed by atoms with Crippen molar-refractivity contribution in [3.63, 3.8) is 0 Å². The third kappa shape index (κ3) is 2.76. The molecular formula is C17H15F2N5O2. The molecule has 1 saturated heterocycles. The van der Waals surface area contributed by atoms with Crippen molar-refractivity contribution in [2.75, 3.05) is 11.4 Å². The summed E-state index contributed by atoms with van der Waals surface area (Å²) in [5.41, 5.74) is 6.19. The van der Waals surface area contributed by atoms with Gasteiger partial charge in [0.2, 0.25) is 5.85 Å². The highest BCUT2D eigenvalue weighted by molar-refractivity contribution is 5.98. The number of anilines is 1. The molecule has 1 amide bonds. The van der Waals surface area contributed by atoms with E-state index in [1.54, 1.807) is 18.3 Å². The van der Waals surface area contributed by atoms with E-state index in [9.17, 15) is 18.7 Å². The molecule has 1 aromatic carbocycles. The zero-order valence-corrected chi connectivity index (χ0v) is 13.5. The Kier molecular flexibility index (Phi) is 3.62. The summed E-state index contributed by atoms with van der Waals surface area (Å²) in [6, 6.07) is 6.74. The smallest absolute Gasteiger partial charge is 0.254 e. The first-order chi connectivity index (χ1) is 12.3. The molecule has 4 rings (SSSR count). The van der Waals surface area contributed by atoms with Crippen LogP contribution in [0.3, 0.4) is 0 Å². The first kappa shape index (κ1) is 16.4. The molecule has 0 bridgehead atoms. The van der Waals surface area contributed by atoms with Gasteiger partial charge in [-0.05, 0) is 23.8 Å². The zero-order chi connectivity index (χ0) is 18.5. The number of aliphatic hydroxyl groups is 1. The Morgan fingerprint density at radius 2 is 2.19 bits per heavy atom. The monoisotopic (exact) mass is 359 g/mol. The Bertz CT molecular complexity index is 1000. The predicted octanol–water partition coefficient (Wildman–Crippen LogP) is 1.58. The third-order valence-electron chi connectivity index (χ3n) is 4.44. The molecule has 1 aliphatic heterocycles. The molecule has 7 nitrogen and oxygen atoms in total. The van der Waals surface area contributed by atoms with Gasteiger partial charge in [0.1, 0.15) is 17.2 Å². The van der Waals surface area contributed by atoms with Crippen LogP contribution in [0.1, 0.15) is 28.4 Å². The second-order valence-corrected chi connectivity index (χ2v) is 6.30. The molecular weight excluding hydrogens is 344 g/mol. The van der Waals surface area contributed by atoms with E-state index in [1.165, 1.54) is 33.8 Å². The summed E-state index contributed by atoms with van der Waals surface area (Å²) in [6.07, 6.45) is 2.63. The van der Waals surface area contributed by atoms with Crippen LogP contribution >= 0.6 is 0 Å². The topological polar surface area (TPSA) is 96.8 Å². The molecule has 1 fully saturated rings. The van der Waals surface area contributed by atoms with Gasteiger partial charge in [0.05, 0.1) is 18.8 Å². The Morgan fingerprint density at radius 3 is 2.92 bits per heavy atom. The van der Waals surface area contributed by atoms with Crippen LogP contribution in [-0.4, -0.2) is 38.0 Å². The minimum absolute atomic E-state index is 0.129. The number of benzene rings is 1. The number of aromatic nitrogens is 3. The van der Waals surface area contributed by atoms with Gasteiger partial charge in [0, 0.05) is 12.6 Å². The Labute approximate surface area is 146 Å². The molecule has 2 unspecified atom stereocenters. The van der Waals surface area contributed by atoms with Crippen molar-refractivity contribution < 1.29 is 18.7 Å². The van der Waals surface area contributed by atoms with Crippen LogP contribution in [0.15, 0.2) is 42.7 Å². The number of halogens is 2. The lowest BCUT2D eigenvalue weighted by molar-refractivity contribution is -0.0688. The quantitative estimate of drug-likeness (QED) is 0.740. The summed E-state index contributed by atoms with van der Waals surface area (Å²) in [5, 5.41) is 13.9. The number of alkyl halides is 1. The molecule has 2 atom stereocenters. The average Bonchev–Trinajstić information content (AvgIpc) is 3.14. The fourth-order valence-electron chi connectivity index (χ4n) is 3.29. The molecule has 3 N–H and O–H groups in total. The molecule has 1 aliphatic rings. The Hall–Kier alpha value is -3.07. The van der Waals surface area contributed by atoms with Gasteiger partial charge in [-0.25, -0.2) is 18.3 Å². The van der Waals surface area contributed by atoms with Crippen LogP contribution in [0.25, 0.3) is 5.65 Å². The molecule has 0 aliphatic carbocycles. The van der Waals surface area contributed by atoms with Crippen LogP contribution in [0.4, 0.5) is 14.6 Å². The third-order valence-corrected chi connectivity index (χ3v) is 4.44. The van der Waals surface area contributed by atoms with Crippen molar-refractivity contribution in [1.82, 2.24) is 14.6 Å². The largest absolute Gasteiger partial charge is 0.365 e. The van der Waals surface area contributed by atoms with E-state index in [1.807, 2.05) is 0 Å². The normalized spacial score (nSPS) is 22.9. The number of primary amides is 1. The van der Waals surface area contributed by atoms with Crippen molar-refractivity contribution in [2.24, 2.45) is 5.73 Å². The lowest BCUT2D eigenvalue weighted by Gasteiger charge is -2.25. The van der Waals surface area contributed by atoms with Gasteiger partial charge in [-0.15, -0.1) is 0 Å². The Balaban J connectivity index is 1.80. The van der Waals surface area contributed by atoms with E-state index < -0.39 is 23.6 Å². The summed E-state index contributed by atoms with van der Waals surface area (Å²) in [6.45, 7) is -0.336. The second-order valence-electron chi connectivity index (χ2n) is 6.30. The van der Waals surface area contributed by atoms with Crippen molar-refractivity contribution in [3.8, 4) is 0 Å². The maximum absolute atomic E-state index is 14.3. The van der Waals surface area contributed by atoms with Gasteiger partial charge in [-0.1, -0.05) is 12.1 Å². The number of hydrogen-bond acceptors (Lipinski definition) is 5. The lowest BCUT2D eigenvalue weighted by atomic mass is 10.0. The van der Waals surface area contributed by atoms with E-state index in [2.05, 4.69) is 10.1 Å². The molecule has 3 heterocycles. The molecule has 2 aromatic heterocycles. The summed E-state index contributed by atoms with van der Waals surface area (Å²) in [4.78, 5) is 17.4. The zero-order valence-electron chi connectivity index (χ0n) is 13.5. The molecule has 9 heteroatoms. The number of rotatable bonds is 3. The molecule has 0 saturated carbocycles. The number of β-amino-alcohol motifs (C(OH)–C–C–N with tert-alkyl or cyclic N) is 1. The van der Waals surface area contributed by atoms with Gasteiger partial charge in [-0.3, -0.25) is 4.79 Å². The van der Waals surface area contributed by atoms with Crippen molar-refractivity contribution in [2.45, 2.75) is 18.3 Å². The van der Waals surface area contributed by atoms with Gasteiger partial charge in [0.15, 0.2) is 5.65 Å². The predicted molar refractivity (Wildman–Crippen MR) is 88.7 cm³/mol. The second kappa shape index (κ2) is 5.73. The molecule has 0 spiro atoms. The van der Waals surface area contributed by atoms with Gasteiger partial charge in [-0.2, -0.15) is 5.10 Å². The van der Waals surface area contributed by atoms with Crippen LogP contribution in [0.2, 0.25) is 0 Å². The van der Waals surface area contributed by atoms with Gasteiger partial charge >= 0.3 is 0 Å². The van der Waals surface area contributed by atoms with Crippen molar-refractivity contribution in [1.29, 1.82) is 0 Å². The highest BCUT2D eigenvalue weighted by atomic mass is 19.2. The first-order valence-corrected chi connectivity index (χ1v) is 7.92. The summed E-state index contributed by atoms with van der Waals surface area (Å²) in [5.74, 6) is -3.26. The number of nitrogens with zero attached hydrogens (tertiary/aromatic N) is 4. The average molecular weight is 359 g/mol. The highest BCUT2D eigenvalue weighted by Gasteiger charge is 2.44. The summed E-state index contributed by atoms with van der Waals surface area (Å²) in [7, 11) is 0. The van der Waals surface area contributed by atoms with Crippen molar-refractivity contribution >= 4 is 17.4 Å².